The number of nitrogens with zero attached hydrogens (tertiary/aromatic N) is 1. The molecular weight excluding hydrogens is 182 g/mol. The monoisotopic (exact) mass is 191 g/mol. The van der Waals surface area contributed by atoms with Crippen molar-refractivity contribution >= 4 is 16.9 Å². The molecule has 1 aromatic carbocycles. The number of carboxylic acids is 1. The van der Waals surface area contributed by atoms with Crippen LogP contribution in [0.15, 0.2) is 30.5 Å². The number of aromatic nitrogens is 1. The first-order chi connectivity index (χ1) is 6.68. The number of rotatable bonds is 2. The number of aromatic hydroxyl groups is 1. The Morgan fingerprint density at radius 1 is 1.36 bits per heavy atom. The Bertz CT molecular complexity index is 487. The molecule has 4 nitrogen and oxygen atoms in total. The van der Waals surface area contributed by atoms with Gasteiger partial charge in [0.15, 0.2) is 0 Å². The topological polar surface area (TPSA) is 62.5 Å². The number of hydrogen-bond acceptors (Lipinski definition) is 2. The third-order valence-corrected chi connectivity index (χ3v) is 2.07. The maximum Gasteiger partial charge on any atom is 0.323 e. The second kappa shape index (κ2) is 3.06. The van der Waals surface area contributed by atoms with Crippen molar-refractivity contribution in [1.82, 2.24) is 4.57 Å². The average Bonchev–Trinajstić information content (AvgIpc) is 2.44. The summed E-state index contributed by atoms with van der Waals surface area (Å²) >= 11 is 0. The van der Waals surface area contributed by atoms with Gasteiger partial charge >= 0.3 is 5.97 Å². The standard InChI is InChI=1S/C10H9NO3/c12-9-5-11(6-10(13)14)8-4-2-1-3-7(8)9/h1-5,12H,6H2,(H,13,14). The first-order valence-corrected chi connectivity index (χ1v) is 4.17. The van der Waals surface area contributed by atoms with Crippen molar-refractivity contribution in [2.24, 2.45) is 0 Å². The summed E-state index contributed by atoms with van der Waals surface area (Å²) in [4.78, 5) is 10.5. The molecule has 1 aromatic heterocycles. The molecule has 0 aliphatic heterocycles. The summed E-state index contributed by atoms with van der Waals surface area (Å²) in [6.07, 6.45) is 1.43. The summed E-state index contributed by atoms with van der Waals surface area (Å²) < 4.78 is 1.51. The van der Waals surface area contributed by atoms with E-state index in [1.54, 1.807) is 24.3 Å². The van der Waals surface area contributed by atoms with Gasteiger partial charge in [0.25, 0.3) is 0 Å². The van der Waals surface area contributed by atoms with Gasteiger partial charge in [-0.2, -0.15) is 0 Å². The van der Waals surface area contributed by atoms with Crippen LogP contribution in [0, 0.1) is 0 Å². The Hall–Kier alpha value is -1.97. The number of carboxylic acid groups (broad SMARTS) is 1. The van der Waals surface area contributed by atoms with Gasteiger partial charge in [-0.3, -0.25) is 4.79 Å². The summed E-state index contributed by atoms with van der Waals surface area (Å²) in [7, 11) is 0. The molecule has 2 N–H and O–H groups in total. The van der Waals surface area contributed by atoms with E-state index < -0.39 is 5.97 Å². The van der Waals surface area contributed by atoms with E-state index in [4.69, 9.17) is 5.11 Å². The quantitative estimate of drug-likeness (QED) is 0.754. The van der Waals surface area contributed by atoms with E-state index in [1.807, 2.05) is 0 Å². The maximum absolute atomic E-state index is 10.5. The van der Waals surface area contributed by atoms with Gasteiger partial charge in [0.2, 0.25) is 0 Å². The number of hydrogen-bond donors (Lipinski definition) is 2. The van der Waals surface area contributed by atoms with E-state index in [1.165, 1.54) is 10.8 Å². The molecule has 2 aromatic rings. The zero-order valence-electron chi connectivity index (χ0n) is 7.34. The van der Waals surface area contributed by atoms with Crippen molar-refractivity contribution in [2.45, 2.75) is 6.54 Å². The number of para-hydroxylation sites is 1. The Morgan fingerprint density at radius 2 is 2.07 bits per heavy atom. The number of carbonyl (C=O) groups is 1. The lowest BCUT2D eigenvalue weighted by Crippen LogP contribution is -2.06. The molecule has 0 saturated carbocycles. The summed E-state index contributed by atoms with van der Waals surface area (Å²) in [5, 5.41) is 18.8. The van der Waals surface area contributed by atoms with Crippen molar-refractivity contribution in [3.05, 3.63) is 30.5 Å². The molecule has 0 bridgehead atoms. The van der Waals surface area contributed by atoms with Gasteiger partial charge in [0, 0.05) is 11.6 Å². The Balaban J connectivity index is 2.60. The van der Waals surface area contributed by atoms with Crippen molar-refractivity contribution in [1.29, 1.82) is 0 Å². The molecule has 0 aliphatic rings. The Labute approximate surface area is 80.0 Å². The van der Waals surface area contributed by atoms with Gasteiger partial charge in [-0.25, -0.2) is 0 Å². The van der Waals surface area contributed by atoms with Gasteiger partial charge in [0.05, 0.1) is 5.52 Å². The van der Waals surface area contributed by atoms with Crippen LogP contribution in [-0.4, -0.2) is 20.7 Å². The van der Waals surface area contributed by atoms with Crippen LogP contribution in [0.3, 0.4) is 0 Å². The molecule has 1 heterocycles. The van der Waals surface area contributed by atoms with Gasteiger partial charge in [0.1, 0.15) is 12.3 Å². The molecule has 0 radical (unpaired) electrons. The minimum atomic E-state index is -0.925. The van der Waals surface area contributed by atoms with Crippen molar-refractivity contribution in [2.75, 3.05) is 0 Å². The van der Waals surface area contributed by atoms with E-state index in [0.29, 0.717) is 5.39 Å². The van der Waals surface area contributed by atoms with Crippen LogP contribution >= 0.6 is 0 Å². The minimum Gasteiger partial charge on any atom is -0.506 e. The van der Waals surface area contributed by atoms with Crippen LogP contribution in [0.4, 0.5) is 0 Å². The molecule has 4 heteroatoms. The second-order valence-corrected chi connectivity index (χ2v) is 3.05. The highest BCUT2D eigenvalue weighted by Gasteiger charge is 2.08. The van der Waals surface area contributed by atoms with Crippen LogP contribution in [0.2, 0.25) is 0 Å². The SMILES string of the molecule is O=C(O)Cn1cc(O)c2ccccc21. The third kappa shape index (κ3) is 1.31. The van der Waals surface area contributed by atoms with Crippen molar-refractivity contribution < 1.29 is 15.0 Å². The summed E-state index contributed by atoms with van der Waals surface area (Å²) in [5.74, 6) is -0.812. The lowest BCUT2D eigenvalue weighted by atomic mass is 10.2. The predicted molar refractivity (Wildman–Crippen MR) is 51.2 cm³/mol. The van der Waals surface area contributed by atoms with E-state index in [-0.39, 0.29) is 12.3 Å². The summed E-state index contributed by atoms with van der Waals surface area (Å²) in [6, 6.07) is 7.13. The van der Waals surface area contributed by atoms with E-state index in [9.17, 15) is 9.90 Å². The normalized spacial score (nSPS) is 10.6. The molecule has 14 heavy (non-hydrogen) atoms. The molecule has 0 unspecified atom stereocenters. The molecule has 0 aliphatic carbocycles. The van der Waals surface area contributed by atoms with Crippen LogP contribution < -0.4 is 0 Å². The van der Waals surface area contributed by atoms with E-state index in [0.717, 1.165) is 5.52 Å². The molecule has 72 valence electrons. The molecule has 0 atom stereocenters. The van der Waals surface area contributed by atoms with Crippen molar-refractivity contribution in [3.8, 4) is 5.75 Å². The number of benzene rings is 1. The molecular formula is C10H9NO3. The van der Waals surface area contributed by atoms with E-state index >= 15 is 0 Å². The van der Waals surface area contributed by atoms with Gasteiger partial charge < -0.3 is 14.8 Å². The number of fused-ring (bicyclic) bond motifs is 1. The lowest BCUT2D eigenvalue weighted by Gasteiger charge is -1.99. The van der Waals surface area contributed by atoms with Crippen LogP contribution in [0.5, 0.6) is 5.75 Å². The summed E-state index contributed by atoms with van der Waals surface area (Å²) in [5.41, 5.74) is 0.729. The smallest absolute Gasteiger partial charge is 0.323 e. The van der Waals surface area contributed by atoms with Gasteiger partial charge in [-0.05, 0) is 12.1 Å². The van der Waals surface area contributed by atoms with Gasteiger partial charge in [-0.15, -0.1) is 0 Å². The van der Waals surface area contributed by atoms with E-state index in [2.05, 4.69) is 0 Å². The molecule has 2 rings (SSSR count). The van der Waals surface area contributed by atoms with Crippen LogP contribution in [-0.2, 0) is 11.3 Å². The fourth-order valence-corrected chi connectivity index (χ4v) is 1.50. The zero-order valence-corrected chi connectivity index (χ0v) is 7.34. The first-order valence-electron chi connectivity index (χ1n) is 4.17. The van der Waals surface area contributed by atoms with Crippen LogP contribution in [0.25, 0.3) is 10.9 Å². The summed E-state index contributed by atoms with van der Waals surface area (Å²) in [6.45, 7) is -0.138. The third-order valence-electron chi connectivity index (χ3n) is 2.07. The highest BCUT2D eigenvalue weighted by Crippen LogP contribution is 2.26. The van der Waals surface area contributed by atoms with Crippen molar-refractivity contribution in [3.63, 3.8) is 0 Å². The first kappa shape index (κ1) is 8.62. The van der Waals surface area contributed by atoms with Gasteiger partial charge in [-0.1, -0.05) is 12.1 Å². The minimum absolute atomic E-state index is 0.113. The lowest BCUT2D eigenvalue weighted by molar-refractivity contribution is -0.137. The Kier molecular flexibility index (Phi) is 1.89. The highest BCUT2D eigenvalue weighted by atomic mass is 16.4. The highest BCUT2D eigenvalue weighted by molar-refractivity contribution is 5.87. The fourth-order valence-electron chi connectivity index (χ4n) is 1.50. The Morgan fingerprint density at radius 3 is 2.79 bits per heavy atom. The zero-order chi connectivity index (χ0) is 10.1. The largest absolute Gasteiger partial charge is 0.506 e. The fraction of sp³-hybridized carbons (Fsp3) is 0.100. The average molecular weight is 191 g/mol. The molecule has 0 fully saturated rings. The molecule has 0 amide bonds. The molecule has 0 saturated heterocycles. The molecule has 0 spiro atoms. The predicted octanol–water partition coefficient (Wildman–Crippen LogP) is 1.43. The van der Waals surface area contributed by atoms with Crippen LogP contribution in [0.1, 0.15) is 0 Å². The maximum atomic E-state index is 10.5. The second-order valence-electron chi connectivity index (χ2n) is 3.05. The number of aliphatic carboxylic acids is 1.